The van der Waals surface area contributed by atoms with Crippen molar-refractivity contribution in [2.45, 2.75) is 13.0 Å². The number of rotatable bonds is 4. The van der Waals surface area contributed by atoms with Crippen LogP contribution in [-0.4, -0.2) is 39.4 Å². The molecule has 1 atom stereocenters. The molecule has 110 valence electrons. The summed E-state index contributed by atoms with van der Waals surface area (Å²) >= 11 is 6.19. The quantitative estimate of drug-likeness (QED) is 0.678. The van der Waals surface area contributed by atoms with Crippen molar-refractivity contribution in [1.82, 2.24) is 4.90 Å². The maximum absolute atomic E-state index is 12.3. The average Bonchev–Trinajstić information content (AvgIpc) is 2.73. The van der Waals surface area contributed by atoms with E-state index < -0.39 is 12.0 Å². The largest absolute Gasteiger partial charge is 0.497 e. The summed E-state index contributed by atoms with van der Waals surface area (Å²) in [7, 11) is 1.56. The van der Waals surface area contributed by atoms with Gasteiger partial charge in [-0.05, 0) is 30.7 Å². The van der Waals surface area contributed by atoms with Crippen LogP contribution in [0.25, 0.3) is 6.08 Å². The van der Waals surface area contributed by atoms with Crippen LogP contribution in [0.1, 0.15) is 12.5 Å². The van der Waals surface area contributed by atoms with E-state index in [4.69, 9.17) is 22.1 Å². The molecule has 0 aromatic heterocycles. The second-order valence-electron chi connectivity index (χ2n) is 4.34. The van der Waals surface area contributed by atoms with Crippen LogP contribution in [0.5, 0.6) is 5.75 Å². The van der Waals surface area contributed by atoms with Crippen LogP contribution in [0, 0.1) is 0 Å². The Morgan fingerprint density at radius 2 is 2.24 bits per heavy atom. The monoisotopic (exact) mass is 323 g/mol. The Labute approximate surface area is 131 Å². The predicted octanol–water partition coefficient (Wildman–Crippen LogP) is 2.37. The van der Waals surface area contributed by atoms with Gasteiger partial charge in [0.25, 0.3) is 5.91 Å². The molecule has 1 heterocycles. The minimum Gasteiger partial charge on any atom is -0.497 e. The molecule has 0 unspecified atom stereocenters. The first kappa shape index (κ1) is 15.5. The number of hydrogen-bond donors (Lipinski definition) is 1. The van der Waals surface area contributed by atoms with Crippen molar-refractivity contribution in [3.05, 3.63) is 34.7 Å². The molecule has 1 aromatic rings. The smallest absolute Gasteiger partial charge is 0.326 e. The van der Waals surface area contributed by atoms with E-state index in [0.29, 0.717) is 10.7 Å². The van der Waals surface area contributed by atoms with Gasteiger partial charge >= 0.3 is 5.97 Å². The van der Waals surface area contributed by atoms with E-state index >= 15 is 0 Å². The Balaban J connectivity index is 2.29. The SMILES string of the molecule is COc1cccc(/C=C2\SC(=S)N([C@@H](C)C(=O)O)C2=O)c1. The van der Waals surface area contributed by atoms with E-state index in [2.05, 4.69) is 0 Å². The molecule has 21 heavy (non-hydrogen) atoms. The van der Waals surface area contributed by atoms with Gasteiger partial charge in [0.1, 0.15) is 16.1 Å². The van der Waals surface area contributed by atoms with Gasteiger partial charge in [-0.1, -0.05) is 36.1 Å². The predicted molar refractivity (Wildman–Crippen MR) is 85.1 cm³/mol. The molecule has 2 rings (SSSR count). The molecule has 1 aliphatic rings. The number of thiocarbonyl (C=S) groups is 1. The number of methoxy groups -OCH3 is 1. The Hall–Kier alpha value is -1.86. The number of benzene rings is 1. The van der Waals surface area contributed by atoms with Crippen molar-refractivity contribution in [2.24, 2.45) is 0 Å². The fourth-order valence-electron chi connectivity index (χ4n) is 1.81. The van der Waals surface area contributed by atoms with Crippen LogP contribution in [0.2, 0.25) is 0 Å². The third-order valence-electron chi connectivity index (χ3n) is 2.96. The molecule has 0 bridgehead atoms. The first-order valence-corrected chi connectivity index (χ1v) is 7.30. The number of ether oxygens (including phenoxy) is 1. The van der Waals surface area contributed by atoms with Gasteiger partial charge in [0.05, 0.1) is 12.0 Å². The zero-order valence-corrected chi connectivity index (χ0v) is 13.0. The lowest BCUT2D eigenvalue weighted by molar-refractivity contribution is -0.144. The second kappa shape index (κ2) is 6.28. The average molecular weight is 323 g/mol. The van der Waals surface area contributed by atoms with Gasteiger partial charge in [0.15, 0.2) is 0 Å². The number of thioether (sulfide) groups is 1. The van der Waals surface area contributed by atoms with Crippen molar-refractivity contribution in [1.29, 1.82) is 0 Å². The lowest BCUT2D eigenvalue weighted by atomic mass is 10.2. The van der Waals surface area contributed by atoms with Gasteiger partial charge in [0, 0.05) is 0 Å². The fourth-order valence-corrected chi connectivity index (χ4v) is 3.23. The summed E-state index contributed by atoms with van der Waals surface area (Å²) < 4.78 is 5.38. The molecular weight excluding hydrogens is 310 g/mol. The molecule has 0 saturated carbocycles. The number of carboxylic acids is 1. The van der Waals surface area contributed by atoms with Crippen LogP contribution >= 0.6 is 24.0 Å². The summed E-state index contributed by atoms with van der Waals surface area (Å²) in [4.78, 5) is 24.8. The maximum Gasteiger partial charge on any atom is 0.326 e. The Kier molecular flexibility index (Phi) is 4.64. The lowest BCUT2D eigenvalue weighted by Gasteiger charge is -2.18. The minimum atomic E-state index is -1.09. The third kappa shape index (κ3) is 3.25. The number of carboxylic acid groups (broad SMARTS) is 1. The number of amides is 1. The molecule has 1 fully saturated rings. The first-order valence-electron chi connectivity index (χ1n) is 6.08. The van der Waals surface area contributed by atoms with Crippen molar-refractivity contribution in [3.63, 3.8) is 0 Å². The molecule has 1 aliphatic heterocycles. The Morgan fingerprint density at radius 3 is 2.86 bits per heavy atom. The summed E-state index contributed by atoms with van der Waals surface area (Å²) in [6, 6.07) is 6.25. The summed E-state index contributed by atoms with van der Waals surface area (Å²) in [5, 5.41) is 9.02. The fraction of sp³-hybridized carbons (Fsp3) is 0.214. The Bertz CT molecular complexity index is 642. The van der Waals surface area contributed by atoms with Gasteiger partial charge in [-0.25, -0.2) is 4.79 Å². The van der Waals surface area contributed by atoms with Gasteiger partial charge in [-0.3, -0.25) is 9.69 Å². The zero-order valence-electron chi connectivity index (χ0n) is 11.4. The highest BCUT2D eigenvalue weighted by molar-refractivity contribution is 8.26. The molecule has 1 saturated heterocycles. The van der Waals surface area contributed by atoms with Crippen LogP contribution in [-0.2, 0) is 9.59 Å². The van der Waals surface area contributed by atoms with Crippen LogP contribution in [0.15, 0.2) is 29.2 Å². The summed E-state index contributed by atoms with van der Waals surface area (Å²) in [6.07, 6.45) is 1.68. The lowest BCUT2D eigenvalue weighted by Crippen LogP contribution is -2.41. The highest BCUT2D eigenvalue weighted by Gasteiger charge is 2.38. The second-order valence-corrected chi connectivity index (χ2v) is 6.02. The van der Waals surface area contributed by atoms with Crippen LogP contribution in [0.4, 0.5) is 0 Å². The van der Waals surface area contributed by atoms with Crippen molar-refractivity contribution < 1.29 is 19.4 Å². The number of aliphatic carboxylic acids is 1. The molecule has 1 aromatic carbocycles. The number of hydrogen-bond acceptors (Lipinski definition) is 5. The number of carbonyl (C=O) groups excluding carboxylic acids is 1. The molecule has 5 nitrogen and oxygen atoms in total. The molecule has 0 spiro atoms. The van der Waals surface area contributed by atoms with Gasteiger partial charge < -0.3 is 9.84 Å². The number of carbonyl (C=O) groups is 2. The maximum atomic E-state index is 12.3. The van der Waals surface area contributed by atoms with E-state index in [1.807, 2.05) is 12.1 Å². The van der Waals surface area contributed by atoms with Crippen LogP contribution < -0.4 is 4.74 Å². The van der Waals surface area contributed by atoms with E-state index in [9.17, 15) is 9.59 Å². The molecular formula is C14H13NO4S2. The van der Waals surface area contributed by atoms with Crippen molar-refractivity contribution >= 4 is 46.3 Å². The van der Waals surface area contributed by atoms with E-state index in [1.165, 1.54) is 6.92 Å². The molecule has 1 amide bonds. The molecule has 1 N–H and O–H groups in total. The van der Waals surface area contributed by atoms with Crippen molar-refractivity contribution in [3.8, 4) is 5.75 Å². The van der Waals surface area contributed by atoms with Gasteiger partial charge in [-0.15, -0.1) is 0 Å². The standard InChI is InChI=1S/C14H13NO4S2/c1-8(13(17)18)15-12(16)11(21-14(15)20)7-9-4-3-5-10(6-9)19-2/h3-8H,1-2H3,(H,17,18)/b11-7-/t8-/m0/s1. The minimum absolute atomic E-state index is 0.254. The van der Waals surface area contributed by atoms with E-state index in [1.54, 1.807) is 25.3 Å². The third-order valence-corrected chi connectivity index (χ3v) is 4.29. The number of nitrogens with zero attached hydrogens (tertiary/aromatic N) is 1. The highest BCUT2D eigenvalue weighted by atomic mass is 32.2. The summed E-state index contributed by atoms with van der Waals surface area (Å²) in [6.45, 7) is 1.43. The highest BCUT2D eigenvalue weighted by Crippen LogP contribution is 2.34. The molecule has 7 heteroatoms. The van der Waals surface area contributed by atoms with E-state index in [-0.39, 0.29) is 10.2 Å². The van der Waals surface area contributed by atoms with Crippen molar-refractivity contribution in [2.75, 3.05) is 7.11 Å². The Morgan fingerprint density at radius 1 is 1.52 bits per heavy atom. The molecule has 0 aliphatic carbocycles. The summed E-state index contributed by atoms with van der Waals surface area (Å²) in [5.41, 5.74) is 0.790. The van der Waals surface area contributed by atoms with Crippen LogP contribution in [0.3, 0.4) is 0 Å². The molecule has 0 radical (unpaired) electrons. The normalized spacial score (nSPS) is 18.2. The van der Waals surface area contributed by atoms with E-state index in [0.717, 1.165) is 22.2 Å². The first-order chi connectivity index (χ1) is 9.93. The summed E-state index contributed by atoms with van der Waals surface area (Å²) in [5.74, 6) is -0.796. The topological polar surface area (TPSA) is 66.8 Å². The zero-order chi connectivity index (χ0) is 15.6. The van der Waals surface area contributed by atoms with Gasteiger partial charge in [-0.2, -0.15) is 0 Å². The van der Waals surface area contributed by atoms with Gasteiger partial charge in [0.2, 0.25) is 0 Å².